The van der Waals surface area contributed by atoms with Gasteiger partial charge in [0.05, 0.1) is 12.3 Å². The van der Waals surface area contributed by atoms with Gasteiger partial charge in [0.1, 0.15) is 5.60 Å². The zero-order valence-corrected chi connectivity index (χ0v) is 14.2. The van der Waals surface area contributed by atoms with Gasteiger partial charge in [0.15, 0.2) is 0 Å². The van der Waals surface area contributed by atoms with Gasteiger partial charge in [0.25, 0.3) is 0 Å². The highest BCUT2D eigenvalue weighted by Crippen LogP contribution is 2.33. The molecule has 23 heavy (non-hydrogen) atoms. The molecule has 2 aliphatic heterocycles. The number of rotatable bonds is 3. The number of para-hydroxylation sites is 1. The summed E-state index contributed by atoms with van der Waals surface area (Å²) >= 11 is 0. The molecule has 0 radical (unpaired) electrons. The first kappa shape index (κ1) is 16.3. The minimum Gasteiger partial charge on any atom is -0.443 e. The molecule has 3 rings (SSSR count). The second kappa shape index (κ2) is 6.49. The number of anilines is 1. The van der Waals surface area contributed by atoms with Gasteiger partial charge in [-0.25, -0.2) is 4.79 Å². The second-order valence-corrected chi connectivity index (χ2v) is 7.25. The Morgan fingerprint density at radius 1 is 1.43 bits per heavy atom. The zero-order chi connectivity index (χ0) is 16.4. The Bertz CT molecular complexity index is 574. The number of benzene rings is 1. The average Bonchev–Trinajstić information content (AvgIpc) is 3.12. The molecule has 1 saturated heterocycles. The summed E-state index contributed by atoms with van der Waals surface area (Å²) in [6.07, 6.45) is 1.67. The predicted octanol–water partition coefficient (Wildman–Crippen LogP) is 2.86. The van der Waals surface area contributed by atoms with Crippen molar-refractivity contribution in [3.05, 3.63) is 29.3 Å². The van der Waals surface area contributed by atoms with E-state index in [1.807, 2.05) is 20.8 Å². The predicted molar refractivity (Wildman–Crippen MR) is 89.8 cm³/mol. The van der Waals surface area contributed by atoms with Crippen LogP contribution in [0.15, 0.2) is 18.2 Å². The van der Waals surface area contributed by atoms with Gasteiger partial charge in [-0.05, 0) is 44.7 Å². The molecular formula is C18H26N2O3. The third-order valence-electron chi connectivity index (χ3n) is 4.20. The van der Waals surface area contributed by atoms with Crippen molar-refractivity contribution in [3.8, 4) is 0 Å². The summed E-state index contributed by atoms with van der Waals surface area (Å²) < 4.78 is 11.0. The summed E-state index contributed by atoms with van der Waals surface area (Å²) in [5.74, 6) is 0. The first-order valence-corrected chi connectivity index (χ1v) is 8.36. The Kier molecular flexibility index (Phi) is 4.60. The molecular weight excluding hydrogens is 292 g/mol. The SMILES string of the molecule is CC(C)(C)OC(=O)N1CCc2cccc(CNC3CCOC3)c21. The van der Waals surface area contributed by atoms with Crippen molar-refractivity contribution < 1.29 is 14.3 Å². The fraction of sp³-hybridized carbons (Fsp3) is 0.611. The summed E-state index contributed by atoms with van der Waals surface area (Å²) in [4.78, 5) is 14.3. The van der Waals surface area contributed by atoms with Crippen LogP contribution in [-0.4, -0.2) is 37.5 Å². The minimum absolute atomic E-state index is 0.257. The first-order chi connectivity index (χ1) is 10.9. The Hall–Kier alpha value is -1.59. The molecule has 0 aromatic heterocycles. The van der Waals surface area contributed by atoms with E-state index in [0.29, 0.717) is 12.6 Å². The van der Waals surface area contributed by atoms with Gasteiger partial charge in [0, 0.05) is 25.7 Å². The van der Waals surface area contributed by atoms with E-state index in [1.54, 1.807) is 4.90 Å². The molecule has 126 valence electrons. The highest BCUT2D eigenvalue weighted by atomic mass is 16.6. The fourth-order valence-corrected chi connectivity index (χ4v) is 3.13. The van der Waals surface area contributed by atoms with Gasteiger partial charge in [-0.3, -0.25) is 4.90 Å². The van der Waals surface area contributed by atoms with E-state index in [9.17, 15) is 4.79 Å². The van der Waals surface area contributed by atoms with Crippen LogP contribution in [0.25, 0.3) is 0 Å². The van der Waals surface area contributed by atoms with Gasteiger partial charge in [-0.2, -0.15) is 0 Å². The average molecular weight is 318 g/mol. The van der Waals surface area contributed by atoms with Crippen LogP contribution in [0.5, 0.6) is 0 Å². The van der Waals surface area contributed by atoms with E-state index in [0.717, 1.165) is 43.9 Å². The summed E-state index contributed by atoms with van der Waals surface area (Å²) in [5, 5.41) is 3.53. The van der Waals surface area contributed by atoms with Crippen molar-refractivity contribution in [1.82, 2.24) is 5.32 Å². The van der Waals surface area contributed by atoms with Gasteiger partial charge in [-0.1, -0.05) is 18.2 Å². The molecule has 5 nitrogen and oxygen atoms in total. The molecule has 1 amide bonds. The van der Waals surface area contributed by atoms with E-state index in [-0.39, 0.29) is 6.09 Å². The van der Waals surface area contributed by atoms with Crippen LogP contribution in [0.1, 0.15) is 38.3 Å². The Morgan fingerprint density at radius 2 is 2.26 bits per heavy atom. The number of hydrogen-bond donors (Lipinski definition) is 1. The molecule has 2 heterocycles. The first-order valence-electron chi connectivity index (χ1n) is 8.36. The number of carbonyl (C=O) groups is 1. The quantitative estimate of drug-likeness (QED) is 0.931. The maximum absolute atomic E-state index is 12.5. The molecule has 0 saturated carbocycles. The monoisotopic (exact) mass is 318 g/mol. The number of ether oxygens (including phenoxy) is 2. The van der Waals surface area contributed by atoms with E-state index < -0.39 is 5.60 Å². The highest BCUT2D eigenvalue weighted by Gasteiger charge is 2.30. The van der Waals surface area contributed by atoms with Crippen LogP contribution >= 0.6 is 0 Å². The topological polar surface area (TPSA) is 50.8 Å². The molecule has 1 atom stereocenters. The lowest BCUT2D eigenvalue weighted by molar-refractivity contribution is 0.0583. The summed E-state index contributed by atoms with van der Waals surface area (Å²) in [6, 6.07) is 6.66. The largest absolute Gasteiger partial charge is 0.443 e. The van der Waals surface area contributed by atoms with E-state index in [1.165, 1.54) is 5.56 Å². The van der Waals surface area contributed by atoms with Crippen molar-refractivity contribution >= 4 is 11.8 Å². The molecule has 5 heteroatoms. The number of amides is 1. The zero-order valence-electron chi connectivity index (χ0n) is 14.2. The number of carbonyl (C=O) groups excluding carboxylic acids is 1. The third-order valence-corrected chi connectivity index (χ3v) is 4.20. The van der Waals surface area contributed by atoms with Gasteiger partial charge in [-0.15, -0.1) is 0 Å². The van der Waals surface area contributed by atoms with Crippen LogP contribution in [0.3, 0.4) is 0 Å². The molecule has 1 aromatic carbocycles. The smallest absolute Gasteiger partial charge is 0.414 e. The maximum atomic E-state index is 12.5. The number of hydrogen-bond acceptors (Lipinski definition) is 4. The standard InChI is InChI=1S/C18H26N2O3/c1-18(2,3)23-17(21)20-9-7-13-5-4-6-14(16(13)20)11-19-15-8-10-22-12-15/h4-6,15,19H,7-12H2,1-3H3. The molecule has 0 bridgehead atoms. The fourth-order valence-electron chi connectivity index (χ4n) is 3.13. The van der Waals surface area contributed by atoms with Crippen LogP contribution in [0.2, 0.25) is 0 Å². The highest BCUT2D eigenvalue weighted by molar-refractivity contribution is 5.91. The van der Waals surface area contributed by atoms with Gasteiger partial charge >= 0.3 is 6.09 Å². The normalized spacial score (nSPS) is 20.7. The van der Waals surface area contributed by atoms with Crippen molar-refractivity contribution in [3.63, 3.8) is 0 Å². The molecule has 1 unspecified atom stereocenters. The lowest BCUT2D eigenvalue weighted by Gasteiger charge is -2.26. The Labute approximate surface area is 137 Å². The molecule has 1 N–H and O–H groups in total. The van der Waals surface area contributed by atoms with E-state index in [4.69, 9.17) is 9.47 Å². The van der Waals surface area contributed by atoms with Crippen LogP contribution < -0.4 is 10.2 Å². The van der Waals surface area contributed by atoms with Crippen molar-refractivity contribution in [2.45, 2.75) is 51.8 Å². The third kappa shape index (κ3) is 3.85. The summed E-state index contributed by atoms with van der Waals surface area (Å²) in [7, 11) is 0. The van der Waals surface area contributed by atoms with E-state index in [2.05, 4.69) is 23.5 Å². The van der Waals surface area contributed by atoms with Crippen molar-refractivity contribution in [1.29, 1.82) is 0 Å². The molecule has 0 spiro atoms. The van der Waals surface area contributed by atoms with Crippen molar-refractivity contribution in [2.75, 3.05) is 24.7 Å². The molecule has 0 aliphatic carbocycles. The van der Waals surface area contributed by atoms with E-state index >= 15 is 0 Å². The minimum atomic E-state index is -0.478. The van der Waals surface area contributed by atoms with Crippen LogP contribution in [0.4, 0.5) is 10.5 Å². The van der Waals surface area contributed by atoms with Crippen LogP contribution in [-0.2, 0) is 22.4 Å². The Balaban J connectivity index is 1.75. The Morgan fingerprint density at radius 3 is 2.96 bits per heavy atom. The van der Waals surface area contributed by atoms with Crippen molar-refractivity contribution in [2.24, 2.45) is 0 Å². The molecule has 2 aliphatic rings. The maximum Gasteiger partial charge on any atom is 0.414 e. The number of nitrogens with zero attached hydrogens (tertiary/aromatic N) is 1. The van der Waals surface area contributed by atoms with Gasteiger partial charge < -0.3 is 14.8 Å². The summed E-state index contributed by atoms with van der Waals surface area (Å²) in [5.41, 5.74) is 2.91. The number of fused-ring (bicyclic) bond motifs is 1. The van der Waals surface area contributed by atoms with Gasteiger partial charge in [0.2, 0.25) is 0 Å². The molecule has 1 aromatic rings. The second-order valence-electron chi connectivity index (χ2n) is 7.25. The lowest BCUT2D eigenvalue weighted by Crippen LogP contribution is -2.36. The lowest BCUT2D eigenvalue weighted by atomic mass is 10.1. The number of nitrogens with one attached hydrogen (secondary N) is 1. The van der Waals surface area contributed by atoms with Crippen LogP contribution in [0, 0.1) is 0 Å². The summed E-state index contributed by atoms with van der Waals surface area (Å²) in [6.45, 7) is 8.73. The molecule has 1 fully saturated rings.